The molecule has 0 aliphatic heterocycles. The maximum atomic E-state index is 2.55. The minimum atomic E-state index is 0.662. The molecule has 0 radical (unpaired) electrons. The molecule has 0 aromatic carbocycles. The fraction of sp³-hybridized carbons (Fsp3) is 1.00. The van der Waals surface area contributed by atoms with Crippen molar-refractivity contribution in [1.29, 1.82) is 0 Å². The van der Waals surface area contributed by atoms with Crippen molar-refractivity contribution in [3.05, 3.63) is 0 Å². The van der Waals surface area contributed by atoms with Gasteiger partial charge in [0.2, 0.25) is 0 Å². The second-order valence-electron chi connectivity index (χ2n) is 8.30. The third-order valence-corrected chi connectivity index (χ3v) is 6.30. The van der Waals surface area contributed by atoms with E-state index in [2.05, 4.69) is 41.5 Å². The van der Waals surface area contributed by atoms with Gasteiger partial charge in [-0.2, -0.15) is 0 Å². The summed E-state index contributed by atoms with van der Waals surface area (Å²) >= 11 is 0. The maximum Gasteiger partial charge on any atom is -0.0292 e. The lowest BCUT2D eigenvalue weighted by molar-refractivity contribution is -0.0358. The molecule has 0 bridgehead atoms. The first-order valence-corrected chi connectivity index (χ1v) is 9.42. The molecule has 0 saturated heterocycles. The summed E-state index contributed by atoms with van der Waals surface area (Å²) in [6.45, 7) is 14.6. The summed E-state index contributed by atoms with van der Waals surface area (Å²) in [5.41, 5.74) is 0.662. The van der Waals surface area contributed by atoms with Gasteiger partial charge in [0.05, 0.1) is 0 Å². The average molecular weight is 281 g/mol. The number of unbranched alkanes of at least 4 members (excludes halogenated alkanes) is 1. The highest BCUT2D eigenvalue weighted by Crippen LogP contribution is 2.55. The minimum Gasteiger partial charge on any atom is -0.0654 e. The highest BCUT2D eigenvalue weighted by atomic mass is 14.5. The largest absolute Gasteiger partial charge is 0.0654 e. The summed E-state index contributed by atoms with van der Waals surface area (Å²) in [5.74, 6) is 3.85. The van der Waals surface area contributed by atoms with Crippen LogP contribution < -0.4 is 0 Å². The van der Waals surface area contributed by atoms with Crippen molar-refractivity contribution < 1.29 is 0 Å². The Morgan fingerprint density at radius 3 is 2.10 bits per heavy atom. The first-order chi connectivity index (χ1) is 9.42. The molecule has 1 saturated carbocycles. The summed E-state index contributed by atoms with van der Waals surface area (Å²) in [6, 6.07) is 0. The molecule has 1 fully saturated rings. The van der Waals surface area contributed by atoms with Crippen LogP contribution in [0.3, 0.4) is 0 Å². The van der Waals surface area contributed by atoms with E-state index in [9.17, 15) is 0 Å². The lowest BCUT2D eigenvalue weighted by atomic mass is 9.52. The predicted molar refractivity (Wildman–Crippen MR) is 92.0 cm³/mol. The van der Waals surface area contributed by atoms with Crippen LogP contribution in [0.1, 0.15) is 99.3 Å². The summed E-state index contributed by atoms with van der Waals surface area (Å²) in [7, 11) is 0. The Balaban J connectivity index is 2.13. The summed E-state index contributed by atoms with van der Waals surface area (Å²) < 4.78 is 0. The van der Waals surface area contributed by atoms with Gasteiger partial charge in [-0.15, -0.1) is 0 Å². The van der Waals surface area contributed by atoms with E-state index in [1.54, 1.807) is 0 Å². The van der Waals surface area contributed by atoms with Gasteiger partial charge < -0.3 is 0 Å². The Kier molecular flexibility index (Phi) is 7.62. The number of rotatable bonds is 10. The van der Waals surface area contributed by atoms with Crippen molar-refractivity contribution in [2.75, 3.05) is 0 Å². The van der Waals surface area contributed by atoms with E-state index in [4.69, 9.17) is 0 Å². The second kappa shape index (κ2) is 8.44. The van der Waals surface area contributed by atoms with Crippen LogP contribution in [0.25, 0.3) is 0 Å². The topological polar surface area (TPSA) is 0 Å². The number of hydrogen-bond donors (Lipinski definition) is 0. The van der Waals surface area contributed by atoms with Crippen molar-refractivity contribution in [3.63, 3.8) is 0 Å². The smallest absolute Gasteiger partial charge is 0.0292 e. The molecule has 20 heavy (non-hydrogen) atoms. The SMILES string of the molecule is CCCC(C)CCCCC(C)CC1(C)CC(CC)C1C. The van der Waals surface area contributed by atoms with E-state index in [-0.39, 0.29) is 0 Å². The summed E-state index contributed by atoms with van der Waals surface area (Å²) in [5, 5.41) is 0. The van der Waals surface area contributed by atoms with Gasteiger partial charge in [0.15, 0.2) is 0 Å². The molecule has 0 heteroatoms. The average Bonchev–Trinajstić information content (AvgIpc) is 2.41. The molecule has 0 aromatic heterocycles. The molecule has 1 rings (SSSR count). The van der Waals surface area contributed by atoms with E-state index in [0.29, 0.717) is 5.41 Å². The molecule has 0 amide bonds. The molecule has 0 spiro atoms. The standard InChI is InChI=1S/C20H40/c1-7-11-16(3)12-9-10-13-17(4)14-20(6)15-19(8-2)18(20)5/h16-19H,7-15H2,1-6H3. The van der Waals surface area contributed by atoms with E-state index >= 15 is 0 Å². The van der Waals surface area contributed by atoms with Gasteiger partial charge >= 0.3 is 0 Å². The zero-order valence-electron chi connectivity index (χ0n) is 15.2. The zero-order chi connectivity index (χ0) is 15.2. The first-order valence-electron chi connectivity index (χ1n) is 9.42. The normalized spacial score (nSPS) is 32.7. The Labute approximate surface area is 129 Å². The van der Waals surface area contributed by atoms with Crippen molar-refractivity contribution in [3.8, 4) is 0 Å². The van der Waals surface area contributed by atoms with E-state index in [1.165, 1.54) is 57.8 Å². The number of hydrogen-bond acceptors (Lipinski definition) is 0. The lowest BCUT2D eigenvalue weighted by Crippen LogP contribution is -2.44. The van der Waals surface area contributed by atoms with Gasteiger partial charge in [-0.1, -0.05) is 86.5 Å². The molecule has 5 atom stereocenters. The quantitative estimate of drug-likeness (QED) is 0.375. The van der Waals surface area contributed by atoms with Crippen LogP contribution in [-0.4, -0.2) is 0 Å². The molecule has 0 aromatic rings. The molecule has 0 heterocycles. The minimum absolute atomic E-state index is 0.662. The highest BCUT2D eigenvalue weighted by molar-refractivity contribution is 4.96. The summed E-state index contributed by atoms with van der Waals surface area (Å²) in [4.78, 5) is 0. The Morgan fingerprint density at radius 1 is 1.00 bits per heavy atom. The van der Waals surface area contributed by atoms with E-state index in [1.807, 2.05) is 0 Å². The molecule has 1 aliphatic rings. The first kappa shape index (κ1) is 18.1. The van der Waals surface area contributed by atoms with Crippen molar-refractivity contribution >= 4 is 0 Å². The molecular formula is C20H40. The third-order valence-electron chi connectivity index (χ3n) is 6.30. The Bertz CT molecular complexity index is 257. The van der Waals surface area contributed by atoms with Crippen LogP contribution in [0.2, 0.25) is 0 Å². The molecule has 120 valence electrons. The third kappa shape index (κ3) is 5.08. The van der Waals surface area contributed by atoms with Crippen LogP contribution in [0.15, 0.2) is 0 Å². The Hall–Kier alpha value is 0. The van der Waals surface area contributed by atoms with Crippen molar-refractivity contribution in [2.24, 2.45) is 29.1 Å². The molecule has 5 unspecified atom stereocenters. The van der Waals surface area contributed by atoms with Crippen LogP contribution in [0.4, 0.5) is 0 Å². The van der Waals surface area contributed by atoms with Crippen molar-refractivity contribution in [2.45, 2.75) is 99.3 Å². The predicted octanol–water partition coefficient (Wildman–Crippen LogP) is 7.08. The molecule has 0 N–H and O–H groups in total. The van der Waals surface area contributed by atoms with Crippen molar-refractivity contribution in [1.82, 2.24) is 0 Å². The van der Waals surface area contributed by atoms with Gasteiger partial charge in [0.1, 0.15) is 0 Å². The summed E-state index contributed by atoms with van der Waals surface area (Å²) in [6.07, 6.45) is 12.9. The van der Waals surface area contributed by atoms with Crippen LogP contribution in [-0.2, 0) is 0 Å². The highest BCUT2D eigenvalue weighted by Gasteiger charge is 2.46. The van der Waals surface area contributed by atoms with Crippen LogP contribution in [0.5, 0.6) is 0 Å². The lowest BCUT2D eigenvalue weighted by Gasteiger charge is -2.53. The molecule has 0 nitrogen and oxygen atoms in total. The van der Waals surface area contributed by atoms with Gasteiger partial charge in [-0.3, -0.25) is 0 Å². The maximum absolute atomic E-state index is 2.55. The molecule has 1 aliphatic carbocycles. The molecular weight excluding hydrogens is 240 g/mol. The van der Waals surface area contributed by atoms with E-state index in [0.717, 1.165) is 23.7 Å². The van der Waals surface area contributed by atoms with Crippen LogP contribution in [0, 0.1) is 29.1 Å². The van der Waals surface area contributed by atoms with Gasteiger partial charge in [-0.05, 0) is 41.9 Å². The van der Waals surface area contributed by atoms with Gasteiger partial charge in [0.25, 0.3) is 0 Å². The fourth-order valence-electron chi connectivity index (χ4n) is 4.66. The van der Waals surface area contributed by atoms with Crippen LogP contribution >= 0.6 is 0 Å². The van der Waals surface area contributed by atoms with E-state index < -0.39 is 0 Å². The second-order valence-corrected chi connectivity index (χ2v) is 8.30. The van der Waals surface area contributed by atoms with Gasteiger partial charge in [-0.25, -0.2) is 0 Å². The Morgan fingerprint density at radius 2 is 1.60 bits per heavy atom. The van der Waals surface area contributed by atoms with Gasteiger partial charge in [0, 0.05) is 0 Å². The zero-order valence-corrected chi connectivity index (χ0v) is 15.2. The fourth-order valence-corrected chi connectivity index (χ4v) is 4.66. The monoisotopic (exact) mass is 280 g/mol.